The summed E-state index contributed by atoms with van der Waals surface area (Å²) in [6.07, 6.45) is 4.64. The van der Waals surface area contributed by atoms with Gasteiger partial charge in [0.05, 0.1) is 23.6 Å². The molecule has 27 heavy (non-hydrogen) atoms. The number of hydrogen-bond donors (Lipinski definition) is 1. The van der Waals surface area contributed by atoms with Crippen LogP contribution >= 0.6 is 0 Å². The fourth-order valence-electron chi connectivity index (χ4n) is 2.55. The maximum absolute atomic E-state index is 12.3. The molecule has 9 nitrogen and oxygen atoms in total. The van der Waals surface area contributed by atoms with E-state index in [0.717, 1.165) is 15.9 Å². The normalized spacial score (nSPS) is 11.8. The van der Waals surface area contributed by atoms with Gasteiger partial charge >= 0.3 is 0 Å². The van der Waals surface area contributed by atoms with Crippen LogP contribution in [0.15, 0.2) is 54.0 Å². The van der Waals surface area contributed by atoms with Crippen LogP contribution in [0, 0.1) is 0 Å². The highest BCUT2D eigenvalue weighted by molar-refractivity contribution is 5.76. The number of carbonyl (C=O) groups excluding carboxylic acids is 1. The van der Waals surface area contributed by atoms with Gasteiger partial charge in [-0.3, -0.25) is 9.59 Å². The van der Waals surface area contributed by atoms with Gasteiger partial charge in [0.25, 0.3) is 5.56 Å². The third-order valence-electron chi connectivity index (χ3n) is 4.12. The number of nitrogens with one attached hydrogen (secondary N) is 1. The van der Waals surface area contributed by atoms with Crippen LogP contribution in [-0.2, 0) is 11.3 Å². The van der Waals surface area contributed by atoms with Crippen molar-refractivity contribution in [3.8, 4) is 5.69 Å². The van der Waals surface area contributed by atoms with Crippen LogP contribution in [0.5, 0.6) is 0 Å². The van der Waals surface area contributed by atoms with E-state index in [1.807, 2.05) is 45.3 Å². The van der Waals surface area contributed by atoms with E-state index >= 15 is 0 Å². The first-order chi connectivity index (χ1) is 12.9. The third kappa shape index (κ3) is 4.38. The van der Waals surface area contributed by atoms with Gasteiger partial charge in [-0.2, -0.15) is 10.2 Å². The maximum Gasteiger partial charge on any atom is 0.269 e. The van der Waals surface area contributed by atoms with Crippen LogP contribution in [-0.4, -0.2) is 44.5 Å². The largest absolute Gasteiger partial charge is 0.376 e. The second-order valence-corrected chi connectivity index (χ2v) is 6.32. The molecule has 0 unspecified atom stereocenters. The number of hydrogen-bond acceptors (Lipinski definition) is 6. The summed E-state index contributed by atoms with van der Waals surface area (Å²) in [7, 11) is 3.65. The number of nitrogens with zero attached hydrogens (tertiary/aromatic N) is 6. The Bertz CT molecular complexity index is 962. The summed E-state index contributed by atoms with van der Waals surface area (Å²) in [5.41, 5.74) is 2.20. The molecule has 0 saturated heterocycles. The molecule has 140 valence electrons. The Labute approximate surface area is 156 Å². The minimum absolute atomic E-state index is 0.131. The molecule has 0 fully saturated rings. The van der Waals surface area contributed by atoms with Gasteiger partial charge in [-0.1, -0.05) is 12.1 Å². The van der Waals surface area contributed by atoms with Gasteiger partial charge in [0, 0.05) is 20.2 Å². The molecule has 0 aliphatic carbocycles. The topological polar surface area (TPSA) is 97.9 Å². The molecule has 2 heterocycles. The lowest BCUT2D eigenvalue weighted by atomic mass is 10.1. The molecular weight excluding hydrogens is 346 g/mol. The lowest BCUT2D eigenvalue weighted by molar-refractivity contribution is -0.122. The fourth-order valence-corrected chi connectivity index (χ4v) is 2.55. The van der Waals surface area contributed by atoms with Gasteiger partial charge in [0.15, 0.2) is 0 Å². The highest BCUT2D eigenvalue weighted by atomic mass is 16.2. The van der Waals surface area contributed by atoms with Crippen molar-refractivity contribution in [1.29, 1.82) is 0 Å². The van der Waals surface area contributed by atoms with Crippen LogP contribution in [0.4, 0.5) is 5.69 Å². The van der Waals surface area contributed by atoms with Gasteiger partial charge in [0.1, 0.15) is 19.2 Å². The predicted molar refractivity (Wildman–Crippen MR) is 101 cm³/mol. The summed E-state index contributed by atoms with van der Waals surface area (Å²) in [5, 5.41) is 11.0. The Morgan fingerprint density at radius 1 is 1.22 bits per heavy atom. The second kappa shape index (κ2) is 7.81. The van der Waals surface area contributed by atoms with Crippen molar-refractivity contribution in [1.82, 2.24) is 29.9 Å². The Hall–Kier alpha value is -3.49. The molecule has 1 aromatic carbocycles. The molecule has 1 amide bonds. The van der Waals surface area contributed by atoms with Crippen molar-refractivity contribution in [3.63, 3.8) is 0 Å². The summed E-state index contributed by atoms with van der Waals surface area (Å²) in [4.78, 5) is 30.0. The first-order valence-electron chi connectivity index (χ1n) is 8.43. The Morgan fingerprint density at radius 3 is 2.56 bits per heavy atom. The molecule has 3 rings (SSSR count). The first-order valence-corrected chi connectivity index (χ1v) is 8.43. The minimum Gasteiger partial charge on any atom is -0.376 e. The molecule has 1 N–H and O–H groups in total. The molecule has 0 spiro atoms. The molecular formula is C18H21N7O2. The minimum atomic E-state index is -0.318. The number of amides is 1. The van der Waals surface area contributed by atoms with E-state index in [9.17, 15) is 9.59 Å². The molecule has 0 saturated carbocycles. The van der Waals surface area contributed by atoms with Crippen molar-refractivity contribution >= 4 is 11.6 Å². The van der Waals surface area contributed by atoms with Crippen LogP contribution < -0.4 is 15.8 Å². The summed E-state index contributed by atoms with van der Waals surface area (Å²) < 4.78 is 2.80. The molecule has 0 aliphatic rings. The molecule has 2 aromatic heterocycles. The molecule has 3 aromatic rings. The molecule has 1 atom stereocenters. The Balaban J connectivity index is 1.63. The van der Waals surface area contributed by atoms with Crippen LogP contribution in [0.2, 0.25) is 0 Å². The van der Waals surface area contributed by atoms with Crippen molar-refractivity contribution in [3.05, 3.63) is 65.1 Å². The average molecular weight is 367 g/mol. The molecule has 9 heteroatoms. The second-order valence-electron chi connectivity index (χ2n) is 6.32. The summed E-state index contributed by atoms with van der Waals surface area (Å²) >= 11 is 0. The van der Waals surface area contributed by atoms with Gasteiger partial charge in [-0.05, 0) is 24.6 Å². The van der Waals surface area contributed by atoms with Gasteiger partial charge in [-0.15, -0.1) is 0 Å². The lowest BCUT2D eigenvalue weighted by Gasteiger charge is -2.16. The van der Waals surface area contributed by atoms with E-state index < -0.39 is 0 Å². The summed E-state index contributed by atoms with van der Waals surface area (Å²) in [6.45, 7) is 1.75. The zero-order valence-electron chi connectivity index (χ0n) is 15.4. The van der Waals surface area contributed by atoms with Crippen molar-refractivity contribution in [2.45, 2.75) is 19.5 Å². The summed E-state index contributed by atoms with van der Waals surface area (Å²) in [5.74, 6) is -0.282. The maximum atomic E-state index is 12.3. The fraction of sp³-hybridized carbons (Fsp3) is 0.278. The van der Waals surface area contributed by atoms with E-state index in [1.165, 1.54) is 12.4 Å². The van der Waals surface area contributed by atoms with E-state index in [0.29, 0.717) is 5.69 Å². The number of aromatic nitrogens is 5. The highest BCUT2D eigenvalue weighted by Crippen LogP contribution is 2.15. The van der Waals surface area contributed by atoms with E-state index in [1.54, 1.807) is 22.1 Å². The van der Waals surface area contributed by atoms with Crippen molar-refractivity contribution < 1.29 is 4.79 Å². The van der Waals surface area contributed by atoms with E-state index in [2.05, 4.69) is 20.5 Å². The summed E-state index contributed by atoms with van der Waals surface area (Å²) in [6, 6.07) is 8.87. The Morgan fingerprint density at radius 2 is 1.96 bits per heavy atom. The van der Waals surface area contributed by atoms with Gasteiger partial charge < -0.3 is 10.2 Å². The molecule has 0 radical (unpaired) electrons. The number of benzene rings is 1. The number of carbonyl (C=O) groups is 1. The molecule has 0 bridgehead atoms. The monoisotopic (exact) mass is 367 g/mol. The van der Waals surface area contributed by atoms with Crippen molar-refractivity contribution in [2.24, 2.45) is 0 Å². The smallest absolute Gasteiger partial charge is 0.269 e. The first kappa shape index (κ1) is 18.3. The highest BCUT2D eigenvalue weighted by Gasteiger charge is 2.12. The Kier molecular flexibility index (Phi) is 5.30. The zero-order valence-corrected chi connectivity index (χ0v) is 15.4. The SMILES string of the molecule is C[C@H](NC(=O)Cn1ncc(N(C)C)cc1=O)c1ccc(-n2cncn2)cc1. The van der Waals surface area contributed by atoms with Gasteiger partial charge in [-0.25, -0.2) is 14.3 Å². The third-order valence-corrected chi connectivity index (χ3v) is 4.12. The van der Waals surface area contributed by atoms with Crippen LogP contribution in [0.3, 0.4) is 0 Å². The standard InChI is InChI=1S/C18H21N7O2/c1-13(14-4-6-15(7-5-14)25-12-19-11-21-25)22-17(26)10-24-18(27)8-16(9-20-24)23(2)3/h4-9,11-13H,10H2,1-3H3,(H,22,26)/t13-/m0/s1. The lowest BCUT2D eigenvalue weighted by Crippen LogP contribution is -2.35. The van der Waals surface area contributed by atoms with Crippen molar-refractivity contribution in [2.75, 3.05) is 19.0 Å². The zero-order chi connectivity index (χ0) is 19.4. The van der Waals surface area contributed by atoms with E-state index in [4.69, 9.17) is 0 Å². The quantitative estimate of drug-likeness (QED) is 0.691. The van der Waals surface area contributed by atoms with Crippen LogP contribution in [0.1, 0.15) is 18.5 Å². The number of anilines is 1. The average Bonchev–Trinajstić information content (AvgIpc) is 3.18. The van der Waals surface area contributed by atoms with Gasteiger partial charge in [0.2, 0.25) is 5.91 Å². The van der Waals surface area contributed by atoms with Crippen LogP contribution in [0.25, 0.3) is 5.69 Å². The molecule has 0 aliphatic heterocycles. The number of rotatable bonds is 6. The van der Waals surface area contributed by atoms with E-state index in [-0.39, 0.29) is 24.1 Å². The predicted octanol–water partition coefficient (Wildman–Crippen LogP) is 0.767.